The van der Waals surface area contributed by atoms with Gasteiger partial charge in [0.25, 0.3) is 11.4 Å². The standard InChI is InChI=1S/C17H21N7O7S/c1-12-15(23(25)26)9-14(10-16(12)24(27)28)32(29,30)20-3-2-18-17-8-13(11-19-21-17)22-4-6-31-7-5-22/h8-11,20H,2-7H2,1H3,(H,18,21). The van der Waals surface area contributed by atoms with E-state index in [2.05, 4.69) is 25.1 Å². The lowest BCUT2D eigenvalue weighted by atomic mass is 10.1. The van der Waals surface area contributed by atoms with Gasteiger partial charge in [-0.05, 0) is 6.92 Å². The van der Waals surface area contributed by atoms with Crippen molar-refractivity contribution in [3.8, 4) is 0 Å². The number of nitro benzene ring substituents is 2. The first-order chi connectivity index (χ1) is 15.2. The number of nitrogens with one attached hydrogen (secondary N) is 2. The molecule has 3 rings (SSSR count). The van der Waals surface area contributed by atoms with Crippen LogP contribution in [0.1, 0.15) is 5.56 Å². The minimum Gasteiger partial charge on any atom is -0.378 e. The first-order valence-electron chi connectivity index (χ1n) is 9.51. The molecule has 2 aromatic rings. The van der Waals surface area contributed by atoms with Crippen LogP contribution in [0, 0.1) is 27.2 Å². The number of hydrogen-bond acceptors (Lipinski definition) is 11. The van der Waals surface area contributed by atoms with E-state index in [1.807, 2.05) is 0 Å². The third-order valence-corrected chi connectivity index (χ3v) is 6.21. The van der Waals surface area contributed by atoms with Gasteiger partial charge >= 0.3 is 0 Å². The molecule has 0 radical (unpaired) electrons. The number of nitro groups is 2. The number of hydrogen-bond donors (Lipinski definition) is 2. The molecule has 0 amide bonds. The molecular weight excluding hydrogens is 446 g/mol. The Morgan fingerprint density at radius 1 is 1.09 bits per heavy atom. The molecular formula is C17H21N7O7S. The number of aromatic nitrogens is 2. The van der Waals surface area contributed by atoms with Gasteiger partial charge in [0.2, 0.25) is 10.0 Å². The van der Waals surface area contributed by atoms with Gasteiger partial charge in [-0.25, -0.2) is 13.1 Å². The lowest BCUT2D eigenvalue weighted by molar-refractivity contribution is -0.395. The number of morpholine rings is 1. The minimum atomic E-state index is -4.23. The van der Waals surface area contributed by atoms with Crippen LogP contribution in [0.25, 0.3) is 0 Å². The van der Waals surface area contributed by atoms with Crippen LogP contribution in [0.4, 0.5) is 22.9 Å². The summed E-state index contributed by atoms with van der Waals surface area (Å²) in [5, 5.41) is 33.2. The summed E-state index contributed by atoms with van der Waals surface area (Å²) in [5.74, 6) is 0.440. The highest BCUT2D eigenvalue weighted by molar-refractivity contribution is 7.89. The lowest BCUT2D eigenvalue weighted by Gasteiger charge is -2.28. The Morgan fingerprint density at radius 3 is 2.31 bits per heavy atom. The Morgan fingerprint density at radius 2 is 1.72 bits per heavy atom. The second-order valence-electron chi connectivity index (χ2n) is 6.82. The van der Waals surface area contributed by atoms with Crippen molar-refractivity contribution in [2.45, 2.75) is 11.8 Å². The Labute approximate surface area is 182 Å². The molecule has 32 heavy (non-hydrogen) atoms. The van der Waals surface area contributed by atoms with Crippen molar-refractivity contribution in [2.24, 2.45) is 0 Å². The number of anilines is 2. The molecule has 1 saturated heterocycles. The lowest BCUT2D eigenvalue weighted by Crippen LogP contribution is -2.36. The average molecular weight is 467 g/mol. The van der Waals surface area contributed by atoms with Crippen molar-refractivity contribution in [3.05, 3.63) is 50.2 Å². The van der Waals surface area contributed by atoms with Gasteiger partial charge < -0.3 is 15.0 Å². The number of rotatable bonds is 9. The van der Waals surface area contributed by atoms with Crippen LogP contribution >= 0.6 is 0 Å². The molecule has 2 N–H and O–H groups in total. The normalized spacial score (nSPS) is 14.2. The maximum absolute atomic E-state index is 12.5. The molecule has 0 bridgehead atoms. The molecule has 1 aliphatic rings. The zero-order valence-corrected chi connectivity index (χ0v) is 17.9. The van der Waals surface area contributed by atoms with Crippen LogP contribution in [-0.4, -0.2) is 67.9 Å². The van der Waals surface area contributed by atoms with Crippen LogP contribution in [0.5, 0.6) is 0 Å². The number of benzene rings is 1. The molecule has 0 aliphatic carbocycles. The Balaban J connectivity index is 1.65. The molecule has 15 heteroatoms. The van der Waals surface area contributed by atoms with E-state index >= 15 is 0 Å². The molecule has 0 atom stereocenters. The summed E-state index contributed by atoms with van der Waals surface area (Å²) >= 11 is 0. The second kappa shape index (κ2) is 9.80. The van der Waals surface area contributed by atoms with E-state index in [0.29, 0.717) is 19.0 Å². The summed E-state index contributed by atoms with van der Waals surface area (Å²) in [6.45, 7) is 3.90. The van der Waals surface area contributed by atoms with Crippen LogP contribution in [0.2, 0.25) is 0 Å². The van der Waals surface area contributed by atoms with E-state index in [1.165, 1.54) is 6.92 Å². The maximum atomic E-state index is 12.5. The van der Waals surface area contributed by atoms with Crippen LogP contribution in [0.3, 0.4) is 0 Å². The van der Waals surface area contributed by atoms with Crippen molar-refractivity contribution >= 4 is 32.9 Å². The average Bonchev–Trinajstić information content (AvgIpc) is 2.77. The van der Waals surface area contributed by atoms with Crippen molar-refractivity contribution in [2.75, 3.05) is 49.6 Å². The smallest absolute Gasteiger partial charge is 0.280 e. The predicted octanol–water partition coefficient (Wildman–Crippen LogP) is 0.828. The van der Waals surface area contributed by atoms with Crippen molar-refractivity contribution in [1.29, 1.82) is 0 Å². The summed E-state index contributed by atoms with van der Waals surface area (Å²) in [7, 11) is -4.23. The monoisotopic (exact) mass is 467 g/mol. The quantitative estimate of drug-likeness (QED) is 0.302. The molecule has 0 saturated carbocycles. The molecule has 14 nitrogen and oxygen atoms in total. The van der Waals surface area contributed by atoms with Gasteiger partial charge in [-0.3, -0.25) is 20.2 Å². The fourth-order valence-corrected chi connectivity index (χ4v) is 4.16. The first kappa shape index (κ1) is 23.2. The molecule has 172 valence electrons. The third-order valence-electron chi connectivity index (χ3n) is 4.77. The van der Waals surface area contributed by atoms with Gasteiger partial charge in [0, 0.05) is 44.4 Å². The number of nitrogens with zero attached hydrogens (tertiary/aromatic N) is 5. The first-order valence-corrected chi connectivity index (χ1v) is 11.0. The molecule has 0 unspecified atom stereocenters. The number of sulfonamides is 1. The van der Waals surface area contributed by atoms with Gasteiger partial charge in [-0.1, -0.05) is 0 Å². The highest BCUT2D eigenvalue weighted by Crippen LogP contribution is 2.31. The second-order valence-corrected chi connectivity index (χ2v) is 8.59. The van der Waals surface area contributed by atoms with E-state index < -0.39 is 36.1 Å². The van der Waals surface area contributed by atoms with Gasteiger partial charge in [-0.15, -0.1) is 5.10 Å². The maximum Gasteiger partial charge on any atom is 0.280 e. The van der Waals surface area contributed by atoms with Crippen LogP contribution < -0.4 is 14.9 Å². The van der Waals surface area contributed by atoms with Crippen LogP contribution in [0.15, 0.2) is 29.3 Å². The van der Waals surface area contributed by atoms with E-state index in [1.54, 1.807) is 12.3 Å². The molecule has 1 aromatic carbocycles. The SMILES string of the molecule is Cc1c([N+](=O)[O-])cc(S(=O)(=O)NCCNc2cc(N3CCOCC3)cnn2)cc1[N+](=O)[O-]. The minimum absolute atomic E-state index is 0.0960. The van der Waals surface area contributed by atoms with E-state index in [4.69, 9.17) is 4.74 Å². The highest BCUT2D eigenvalue weighted by Gasteiger charge is 2.27. The number of ether oxygens (including phenoxy) is 1. The van der Waals surface area contributed by atoms with Crippen molar-refractivity contribution in [1.82, 2.24) is 14.9 Å². The van der Waals surface area contributed by atoms with E-state index in [9.17, 15) is 28.6 Å². The third kappa shape index (κ3) is 5.43. The van der Waals surface area contributed by atoms with Crippen LogP contribution in [-0.2, 0) is 14.8 Å². The van der Waals surface area contributed by atoms with Crippen molar-refractivity contribution < 1.29 is 23.0 Å². The largest absolute Gasteiger partial charge is 0.378 e. The van der Waals surface area contributed by atoms with Gasteiger partial charge in [-0.2, -0.15) is 5.10 Å². The zero-order chi connectivity index (χ0) is 23.3. The highest BCUT2D eigenvalue weighted by atomic mass is 32.2. The van der Waals surface area contributed by atoms with Gasteiger partial charge in [0.15, 0.2) is 5.82 Å². The summed E-state index contributed by atoms with van der Waals surface area (Å²) in [4.78, 5) is 22.1. The van der Waals surface area contributed by atoms with E-state index in [0.717, 1.165) is 30.9 Å². The molecule has 1 fully saturated rings. The molecule has 2 heterocycles. The molecule has 0 spiro atoms. The topological polar surface area (TPSA) is 183 Å². The zero-order valence-electron chi connectivity index (χ0n) is 17.1. The van der Waals surface area contributed by atoms with E-state index in [-0.39, 0.29) is 18.7 Å². The fraction of sp³-hybridized carbons (Fsp3) is 0.412. The summed E-state index contributed by atoms with van der Waals surface area (Å²) in [6, 6.07) is 3.38. The predicted molar refractivity (Wildman–Crippen MR) is 113 cm³/mol. The fourth-order valence-electron chi connectivity index (χ4n) is 3.09. The summed E-state index contributed by atoms with van der Waals surface area (Å²) in [6.07, 6.45) is 1.62. The van der Waals surface area contributed by atoms with Gasteiger partial charge in [0.05, 0.1) is 39.8 Å². The molecule has 1 aliphatic heterocycles. The van der Waals surface area contributed by atoms with Gasteiger partial charge in [0.1, 0.15) is 5.56 Å². The van der Waals surface area contributed by atoms with Crippen molar-refractivity contribution in [3.63, 3.8) is 0 Å². The summed E-state index contributed by atoms with van der Waals surface area (Å²) < 4.78 is 32.6. The Bertz CT molecular complexity index is 1080. The summed E-state index contributed by atoms with van der Waals surface area (Å²) in [5.41, 5.74) is -0.661. The molecule has 1 aromatic heterocycles. The Hall–Kier alpha value is -3.43. The Kier molecular flexibility index (Phi) is 7.12.